The number of sulfonamides is 1. The maximum absolute atomic E-state index is 14.0. The Balaban J connectivity index is 1.69. The van der Waals surface area contributed by atoms with Crippen molar-refractivity contribution in [2.75, 3.05) is 10.8 Å². The van der Waals surface area contributed by atoms with Crippen LogP contribution in [0, 0.1) is 0 Å². The average Bonchev–Trinajstić information content (AvgIpc) is 2.96. The standard InChI is InChI=1S/C30H32Cl3N3O4S/c1-21(30(38)34-25-8-4-2-5-9-25)35(19-22-12-14-23(31)15-13-22)29(37)20-36(28-17-16-24(32)18-27(28)33)41(39,40)26-10-6-3-7-11-26/h3,6-7,10-18,21,25H,2,4-5,8-9,19-20H2,1H3,(H,34,38)/t21-/m0/s1. The molecule has 41 heavy (non-hydrogen) atoms. The maximum Gasteiger partial charge on any atom is 0.264 e. The highest BCUT2D eigenvalue weighted by atomic mass is 35.5. The van der Waals surface area contributed by atoms with Gasteiger partial charge >= 0.3 is 0 Å². The number of halogens is 3. The fourth-order valence-corrected chi connectivity index (χ4v) is 7.00. The Morgan fingerprint density at radius 3 is 2.17 bits per heavy atom. The highest BCUT2D eigenvalue weighted by Crippen LogP contribution is 2.33. The molecular formula is C30H32Cl3N3O4S. The zero-order valence-electron chi connectivity index (χ0n) is 22.6. The second kappa shape index (κ2) is 13.9. The van der Waals surface area contributed by atoms with Gasteiger partial charge in [0.25, 0.3) is 10.0 Å². The topological polar surface area (TPSA) is 86.8 Å². The van der Waals surface area contributed by atoms with Crippen LogP contribution < -0.4 is 9.62 Å². The smallest absolute Gasteiger partial charge is 0.264 e. The molecule has 0 heterocycles. The van der Waals surface area contributed by atoms with Crippen molar-refractivity contribution in [1.29, 1.82) is 0 Å². The predicted molar refractivity (Wildman–Crippen MR) is 164 cm³/mol. The number of carbonyl (C=O) groups is 2. The van der Waals surface area contributed by atoms with E-state index in [0.29, 0.717) is 10.0 Å². The van der Waals surface area contributed by atoms with E-state index in [1.807, 2.05) is 0 Å². The predicted octanol–water partition coefficient (Wildman–Crippen LogP) is 6.71. The largest absolute Gasteiger partial charge is 0.352 e. The molecule has 3 aromatic rings. The minimum absolute atomic E-state index is 0.00819. The summed E-state index contributed by atoms with van der Waals surface area (Å²) in [4.78, 5) is 28.8. The summed E-state index contributed by atoms with van der Waals surface area (Å²) >= 11 is 18.6. The van der Waals surface area contributed by atoms with Crippen LogP contribution in [0.2, 0.25) is 15.1 Å². The van der Waals surface area contributed by atoms with E-state index in [-0.39, 0.29) is 34.1 Å². The SMILES string of the molecule is C[C@@H](C(=O)NC1CCCCC1)N(Cc1ccc(Cl)cc1)C(=O)CN(c1ccc(Cl)cc1Cl)S(=O)(=O)c1ccccc1. The first-order valence-corrected chi connectivity index (χ1v) is 16.0. The third-order valence-corrected chi connectivity index (χ3v) is 9.74. The van der Waals surface area contributed by atoms with Gasteiger partial charge in [0.05, 0.1) is 15.6 Å². The molecule has 0 spiro atoms. The Hall–Kier alpha value is -2.78. The molecule has 7 nitrogen and oxygen atoms in total. The summed E-state index contributed by atoms with van der Waals surface area (Å²) in [6.07, 6.45) is 5.01. The number of benzene rings is 3. The van der Waals surface area contributed by atoms with Gasteiger partial charge in [-0.25, -0.2) is 8.42 Å². The van der Waals surface area contributed by atoms with E-state index in [1.165, 1.54) is 35.2 Å². The lowest BCUT2D eigenvalue weighted by Crippen LogP contribution is -2.53. The summed E-state index contributed by atoms with van der Waals surface area (Å²) < 4.78 is 28.7. The first kappa shape index (κ1) is 31.2. The minimum Gasteiger partial charge on any atom is -0.352 e. The molecule has 1 aliphatic rings. The van der Waals surface area contributed by atoms with Gasteiger partial charge in [-0.1, -0.05) is 84.4 Å². The van der Waals surface area contributed by atoms with Gasteiger partial charge in [0.15, 0.2) is 0 Å². The number of rotatable bonds is 10. The molecule has 4 rings (SSSR count). The van der Waals surface area contributed by atoms with Crippen molar-refractivity contribution in [1.82, 2.24) is 10.2 Å². The molecule has 0 bridgehead atoms. The average molecular weight is 637 g/mol. The molecule has 3 aromatic carbocycles. The van der Waals surface area contributed by atoms with Crippen LogP contribution in [-0.2, 0) is 26.2 Å². The number of carbonyl (C=O) groups excluding carboxylic acids is 2. The second-order valence-corrected chi connectivity index (χ2v) is 13.2. The lowest BCUT2D eigenvalue weighted by atomic mass is 9.95. The van der Waals surface area contributed by atoms with Gasteiger partial charge in [0.1, 0.15) is 12.6 Å². The number of anilines is 1. The van der Waals surface area contributed by atoms with Crippen LogP contribution in [0.1, 0.15) is 44.6 Å². The zero-order chi connectivity index (χ0) is 29.6. The Kier molecular flexibility index (Phi) is 10.6. The van der Waals surface area contributed by atoms with E-state index >= 15 is 0 Å². The zero-order valence-corrected chi connectivity index (χ0v) is 25.7. The number of nitrogens with zero attached hydrogens (tertiary/aromatic N) is 2. The van der Waals surface area contributed by atoms with Crippen LogP contribution in [-0.4, -0.2) is 43.8 Å². The normalized spacial score (nSPS) is 14.7. The number of hydrogen-bond donors (Lipinski definition) is 1. The van der Waals surface area contributed by atoms with E-state index in [1.54, 1.807) is 49.4 Å². The second-order valence-electron chi connectivity index (χ2n) is 10.1. The van der Waals surface area contributed by atoms with Gasteiger partial charge < -0.3 is 10.2 Å². The van der Waals surface area contributed by atoms with Crippen molar-refractivity contribution in [2.24, 2.45) is 0 Å². The van der Waals surface area contributed by atoms with Crippen molar-refractivity contribution in [3.63, 3.8) is 0 Å². The van der Waals surface area contributed by atoms with Crippen molar-refractivity contribution < 1.29 is 18.0 Å². The third kappa shape index (κ3) is 7.95. The first-order chi connectivity index (χ1) is 19.6. The number of nitrogens with one attached hydrogen (secondary N) is 1. The van der Waals surface area contributed by atoms with Crippen molar-refractivity contribution in [3.05, 3.63) is 93.4 Å². The summed E-state index contributed by atoms with van der Waals surface area (Å²) in [7, 11) is -4.22. The van der Waals surface area contributed by atoms with Gasteiger partial charge in [-0.2, -0.15) is 0 Å². The monoisotopic (exact) mass is 635 g/mol. The number of hydrogen-bond acceptors (Lipinski definition) is 4. The molecular weight excluding hydrogens is 605 g/mol. The van der Waals surface area contributed by atoms with Gasteiger partial charge in [0.2, 0.25) is 11.8 Å². The molecule has 218 valence electrons. The molecule has 0 aromatic heterocycles. The number of amides is 2. The van der Waals surface area contributed by atoms with Gasteiger partial charge in [0, 0.05) is 22.6 Å². The quantitative estimate of drug-likeness (QED) is 0.268. The molecule has 11 heteroatoms. The van der Waals surface area contributed by atoms with Crippen LogP contribution in [0.15, 0.2) is 77.7 Å². The lowest BCUT2D eigenvalue weighted by Gasteiger charge is -2.33. The lowest BCUT2D eigenvalue weighted by molar-refractivity contribution is -0.139. The molecule has 1 saturated carbocycles. The van der Waals surface area contributed by atoms with Crippen LogP contribution in [0.5, 0.6) is 0 Å². The van der Waals surface area contributed by atoms with Gasteiger partial charge in [-0.05, 0) is 67.8 Å². The summed E-state index contributed by atoms with van der Waals surface area (Å²) in [6.45, 7) is 1.13. The summed E-state index contributed by atoms with van der Waals surface area (Å²) in [6, 6.07) is 18.3. The molecule has 1 atom stereocenters. The molecule has 0 radical (unpaired) electrons. The third-order valence-electron chi connectivity index (χ3n) is 7.17. The maximum atomic E-state index is 14.0. The summed E-state index contributed by atoms with van der Waals surface area (Å²) in [5.41, 5.74) is 0.834. The molecule has 0 unspecified atom stereocenters. The minimum atomic E-state index is -4.22. The van der Waals surface area contributed by atoms with Crippen LogP contribution in [0.25, 0.3) is 0 Å². The fourth-order valence-electron chi connectivity index (χ4n) is 4.85. The van der Waals surface area contributed by atoms with Gasteiger partial charge in [-0.3, -0.25) is 13.9 Å². The molecule has 2 amide bonds. The van der Waals surface area contributed by atoms with Gasteiger partial charge in [-0.15, -0.1) is 0 Å². The van der Waals surface area contributed by atoms with Crippen LogP contribution in [0.3, 0.4) is 0 Å². The van der Waals surface area contributed by atoms with Crippen molar-refractivity contribution in [2.45, 2.75) is 62.6 Å². The highest BCUT2D eigenvalue weighted by molar-refractivity contribution is 7.92. The molecule has 1 N–H and O–H groups in total. The van der Waals surface area contributed by atoms with E-state index < -0.39 is 28.5 Å². The van der Waals surface area contributed by atoms with E-state index in [4.69, 9.17) is 34.8 Å². The Labute approximate surface area is 256 Å². The first-order valence-electron chi connectivity index (χ1n) is 13.4. The van der Waals surface area contributed by atoms with E-state index in [9.17, 15) is 18.0 Å². The summed E-state index contributed by atoms with van der Waals surface area (Å²) in [5, 5.41) is 4.00. The van der Waals surface area contributed by atoms with Crippen molar-refractivity contribution >= 4 is 62.3 Å². The highest BCUT2D eigenvalue weighted by Gasteiger charge is 2.34. The Bertz CT molecular complexity index is 1460. The van der Waals surface area contributed by atoms with Crippen molar-refractivity contribution in [3.8, 4) is 0 Å². The van der Waals surface area contributed by atoms with E-state index in [2.05, 4.69) is 5.32 Å². The molecule has 0 aliphatic heterocycles. The van der Waals surface area contributed by atoms with Crippen LogP contribution in [0.4, 0.5) is 5.69 Å². The molecule has 1 fully saturated rings. The van der Waals surface area contributed by atoms with Crippen LogP contribution >= 0.6 is 34.8 Å². The summed E-state index contributed by atoms with van der Waals surface area (Å²) in [5.74, 6) is -0.863. The Morgan fingerprint density at radius 1 is 0.902 bits per heavy atom. The molecule has 1 aliphatic carbocycles. The molecule has 0 saturated heterocycles. The van der Waals surface area contributed by atoms with E-state index in [0.717, 1.165) is 42.0 Å². The Morgan fingerprint density at radius 2 is 1.54 bits per heavy atom. The fraction of sp³-hybridized carbons (Fsp3) is 0.333.